The van der Waals surface area contributed by atoms with Crippen LogP contribution in [0.2, 0.25) is 5.02 Å². The molecule has 3 aromatic rings. The number of para-hydroxylation sites is 1. The van der Waals surface area contributed by atoms with Crippen LogP contribution >= 0.6 is 11.6 Å². The van der Waals surface area contributed by atoms with Crippen molar-refractivity contribution >= 4 is 34.4 Å². The van der Waals surface area contributed by atoms with Crippen LogP contribution in [0.1, 0.15) is 48.2 Å². The number of likely N-dealkylation sites (N-methyl/N-ethyl adjacent to an activating group) is 1. The summed E-state index contributed by atoms with van der Waals surface area (Å²) in [6, 6.07) is 15.2. The van der Waals surface area contributed by atoms with E-state index >= 15 is 0 Å². The molecular formula is C28H31ClN2O4. The van der Waals surface area contributed by atoms with E-state index < -0.39 is 5.41 Å². The molecule has 0 bridgehead atoms. The third kappa shape index (κ3) is 4.90. The molecule has 3 heterocycles. The molecule has 2 amide bonds. The molecule has 2 aromatic carbocycles. The molecule has 1 atom stereocenters. The molecule has 0 aliphatic carbocycles. The lowest BCUT2D eigenvalue weighted by Crippen LogP contribution is -2.54. The van der Waals surface area contributed by atoms with Crippen molar-refractivity contribution in [1.82, 2.24) is 9.80 Å². The largest absolute Gasteiger partial charge is 0.491 e. The second kappa shape index (κ2) is 9.94. The van der Waals surface area contributed by atoms with E-state index in [0.717, 1.165) is 49.7 Å². The van der Waals surface area contributed by atoms with E-state index in [2.05, 4.69) is 6.07 Å². The van der Waals surface area contributed by atoms with E-state index in [1.54, 1.807) is 34.1 Å². The Kier molecular flexibility index (Phi) is 6.74. The smallest absolute Gasteiger partial charge is 0.289 e. The molecule has 2 aliphatic heterocycles. The van der Waals surface area contributed by atoms with Gasteiger partial charge >= 0.3 is 0 Å². The first kappa shape index (κ1) is 23.7. The van der Waals surface area contributed by atoms with E-state index in [4.69, 9.17) is 20.8 Å². The number of ether oxygens (including phenoxy) is 1. The molecule has 1 spiro atoms. The average molecular weight is 495 g/mol. The number of benzene rings is 2. The number of nitrogens with zero attached hydrogens (tertiary/aromatic N) is 2. The van der Waals surface area contributed by atoms with Crippen molar-refractivity contribution in [3.05, 3.63) is 64.9 Å². The molecule has 6 nitrogen and oxygen atoms in total. The van der Waals surface area contributed by atoms with Crippen LogP contribution in [-0.4, -0.2) is 54.9 Å². The third-order valence-corrected chi connectivity index (χ3v) is 7.60. The number of hydrogen-bond donors (Lipinski definition) is 0. The fourth-order valence-corrected chi connectivity index (χ4v) is 5.68. The van der Waals surface area contributed by atoms with Gasteiger partial charge in [0, 0.05) is 30.5 Å². The summed E-state index contributed by atoms with van der Waals surface area (Å²) < 4.78 is 11.9. The first-order chi connectivity index (χ1) is 16.9. The van der Waals surface area contributed by atoms with Crippen LogP contribution in [0.15, 0.2) is 52.9 Å². The van der Waals surface area contributed by atoms with Gasteiger partial charge in [-0.05, 0) is 68.0 Å². The van der Waals surface area contributed by atoms with Crippen LogP contribution in [0, 0.1) is 5.41 Å². The van der Waals surface area contributed by atoms with Crippen molar-refractivity contribution < 1.29 is 18.7 Å². The number of amides is 2. The fraction of sp³-hybridized carbons (Fsp3) is 0.429. The molecule has 5 rings (SSSR count). The number of carbonyl (C=O) groups is 2. The molecule has 1 unspecified atom stereocenters. The lowest BCUT2D eigenvalue weighted by molar-refractivity contribution is -0.144. The minimum Gasteiger partial charge on any atom is -0.491 e. The molecule has 35 heavy (non-hydrogen) atoms. The van der Waals surface area contributed by atoms with E-state index in [1.165, 1.54) is 5.56 Å². The van der Waals surface area contributed by atoms with Gasteiger partial charge in [-0.25, -0.2) is 0 Å². The zero-order chi connectivity index (χ0) is 24.4. The van der Waals surface area contributed by atoms with E-state index in [-0.39, 0.29) is 11.8 Å². The highest BCUT2D eigenvalue weighted by atomic mass is 35.5. The van der Waals surface area contributed by atoms with Crippen molar-refractivity contribution in [1.29, 1.82) is 0 Å². The van der Waals surface area contributed by atoms with Gasteiger partial charge in [-0.1, -0.05) is 36.2 Å². The van der Waals surface area contributed by atoms with Gasteiger partial charge in [-0.2, -0.15) is 0 Å². The quantitative estimate of drug-likeness (QED) is 0.443. The Labute approximate surface area is 210 Å². The molecule has 1 saturated heterocycles. The van der Waals surface area contributed by atoms with Crippen LogP contribution < -0.4 is 4.74 Å². The van der Waals surface area contributed by atoms with Crippen LogP contribution in [0.4, 0.5) is 0 Å². The number of furan rings is 1. The molecule has 1 aromatic heterocycles. The van der Waals surface area contributed by atoms with Gasteiger partial charge in [0.05, 0.1) is 12.0 Å². The van der Waals surface area contributed by atoms with Gasteiger partial charge in [-0.15, -0.1) is 0 Å². The minimum atomic E-state index is -0.587. The minimum absolute atomic E-state index is 0.101. The first-order valence-electron chi connectivity index (χ1n) is 12.4. The summed E-state index contributed by atoms with van der Waals surface area (Å²) in [7, 11) is 1.84. The normalized spacial score (nSPS) is 21.8. The zero-order valence-corrected chi connectivity index (χ0v) is 20.9. The summed E-state index contributed by atoms with van der Waals surface area (Å²) >= 11 is 6.10. The van der Waals surface area contributed by atoms with Gasteiger partial charge in [-0.3, -0.25) is 9.59 Å². The topological polar surface area (TPSA) is 63.0 Å². The number of aryl methyl sites for hydroxylation is 1. The van der Waals surface area contributed by atoms with Crippen molar-refractivity contribution in [3.8, 4) is 5.75 Å². The van der Waals surface area contributed by atoms with E-state index in [1.807, 2.05) is 25.2 Å². The lowest BCUT2D eigenvalue weighted by Gasteiger charge is -2.43. The Balaban J connectivity index is 1.37. The Morgan fingerprint density at radius 1 is 1.03 bits per heavy atom. The Bertz CT molecular complexity index is 1240. The Morgan fingerprint density at radius 2 is 1.86 bits per heavy atom. The van der Waals surface area contributed by atoms with Crippen LogP contribution in [-0.2, 0) is 11.2 Å². The monoisotopic (exact) mass is 494 g/mol. The molecule has 0 saturated carbocycles. The predicted octanol–water partition coefficient (Wildman–Crippen LogP) is 5.57. The number of fused-ring (bicyclic) bond motifs is 2. The maximum absolute atomic E-state index is 13.8. The summed E-state index contributed by atoms with van der Waals surface area (Å²) in [6.45, 7) is 1.98. The number of piperidine rings is 1. The summed E-state index contributed by atoms with van der Waals surface area (Å²) in [4.78, 5) is 30.8. The first-order valence-corrected chi connectivity index (χ1v) is 12.8. The predicted molar refractivity (Wildman–Crippen MR) is 136 cm³/mol. The summed E-state index contributed by atoms with van der Waals surface area (Å²) in [6.07, 6.45) is 5.14. The second-order valence-electron chi connectivity index (χ2n) is 9.79. The Hall–Kier alpha value is -2.99. The molecule has 0 N–H and O–H groups in total. The molecule has 2 aliphatic rings. The maximum atomic E-state index is 13.8. The van der Waals surface area contributed by atoms with Crippen molar-refractivity contribution in [3.63, 3.8) is 0 Å². The molecule has 1 fully saturated rings. The highest BCUT2D eigenvalue weighted by Gasteiger charge is 2.44. The van der Waals surface area contributed by atoms with Crippen molar-refractivity contribution in [2.75, 3.05) is 33.3 Å². The van der Waals surface area contributed by atoms with E-state index in [9.17, 15) is 9.59 Å². The van der Waals surface area contributed by atoms with Crippen LogP contribution in [0.25, 0.3) is 11.0 Å². The number of rotatable bonds is 1. The van der Waals surface area contributed by atoms with Crippen molar-refractivity contribution in [2.24, 2.45) is 5.41 Å². The van der Waals surface area contributed by atoms with Crippen LogP contribution in [0.3, 0.4) is 0 Å². The molecule has 184 valence electrons. The summed E-state index contributed by atoms with van der Waals surface area (Å²) in [5, 5.41) is 1.40. The van der Waals surface area contributed by atoms with Gasteiger partial charge in [0.1, 0.15) is 17.9 Å². The molecule has 7 heteroatoms. The molecule has 0 radical (unpaired) electrons. The number of likely N-dealkylation sites (tertiary alicyclic amines) is 1. The van der Waals surface area contributed by atoms with Gasteiger partial charge in [0.25, 0.3) is 5.91 Å². The maximum Gasteiger partial charge on any atom is 0.289 e. The van der Waals surface area contributed by atoms with E-state index in [0.29, 0.717) is 42.6 Å². The van der Waals surface area contributed by atoms with Crippen LogP contribution in [0.5, 0.6) is 5.75 Å². The number of hydrogen-bond acceptors (Lipinski definition) is 4. The van der Waals surface area contributed by atoms with Crippen molar-refractivity contribution in [2.45, 2.75) is 38.5 Å². The highest BCUT2D eigenvalue weighted by Crippen LogP contribution is 2.38. The zero-order valence-electron chi connectivity index (χ0n) is 20.1. The number of halogens is 1. The Morgan fingerprint density at radius 3 is 2.74 bits per heavy atom. The number of carbonyl (C=O) groups excluding carboxylic acids is 2. The fourth-order valence-electron chi connectivity index (χ4n) is 5.50. The van der Waals surface area contributed by atoms with Gasteiger partial charge in [0.2, 0.25) is 5.91 Å². The average Bonchev–Trinajstić information content (AvgIpc) is 3.29. The second-order valence-corrected chi connectivity index (χ2v) is 10.2. The summed E-state index contributed by atoms with van der Waals surface area (Å²) in [5.41, 5.74) is 1.25. The summed E-state index contributed by atoms with van der Waals surface area (Å²) in [5.74, 6) is 1.13. The third-order valence-electron chi connectivity index (χ3n) is 7.36. The van der Waals surface area contributed by atoms with Gasteiger partial charge in [0.15, 0.2) is 5.76 Å². The molecular weight excluding hydrogens is 464 g/mol. The standard InChI is InChI=1S/C28H31ClN2O4/c1-30-15-16-34-23-9-3-2-7-20(23)8-4-5-12-28(27(30)33)13-6-14-31(19-28)26(32)25-18-21-17-22(29)10-11-24(21)35-25/h2-3,7,9-11,17-18H,4-6,8,12-16,19H2,1H3. The SMILES string of the molecule is CN1CCOc2ccccc2CCCCC2(CCCN(C(=O)c3cc4cc(Cl)ccc4o3)C2)C1=O. The lowest BCUT2D eigenvalue weighted by atomic mass is 9.74. The van der Waals surface area contributed by atoms with Gasteiger partial charge < -0.3 is 19.0 Å². The highest BCUT2D eigenvalue weighted by molar-refractivity contribution is 6.31.